The van der Waals surface area contributed by atoms with Crippen LogP contribution >= 0.6 is 0 Å². The van der Waals surface area contributed by atoms with E-state index in [2.05, 4.69) is 29.3 Å². The minimum atomic E-state index is 0.297. The van der Waals surface area contributed by atoms with E-state index < -0.39 is 0 Å². The Morgan fingerprint density at radius 2 is 2.00 bits per heavy atom. The number of carbonyl (C=O) groups is 1. The lowest BCUT2D eigenvalue weighted by Crippen LogP contribution is -2.39. The summed E-state index contributed by atoms with van der Waals surface area (Å²) in [4.78, 5) is 14.5. The first-order chi connectivity index (χ1) is 11.2. The van der Waals surface area contributed by atoms with Crippen molar-refractivity contribution in [3.8, 4) is 5.75 Å². The van der Waals surface area contributed by atoms with Gasteiger partial charge in [0.05, 0.1) is 6.61 Å². The molecule has 0 aromatic heterocycles. The summed E-state index contributed by atoms with van der Waals surface area (Å²) in [6.07, 6.45) is 6.03. The van der Waals surface area contributed by atoms with Crippen LogP contribution in [0.2, 0.25) is 0 Å². The summed E-state index contributed by atoms with van der Waals surface area (Å²) >= 11 is 0. The molecule has 2 bridgehead atoms. The lowest BCUT2D eigenvalue weighted by atomic mass is 10.1. The first kappa shape index (κ1) is 16.3. The Morgan fingerprint density at radius 3 is 2.78 bits per heavy atom. The first-order valence-electron chi connectivity index (χ1n) is 9.00. The lowest BCUT2D eigenvalue weighted by Gasteiger charge is -2.24. The molecule has 0 radical (unpaired) electrons. The van der Waals surface area contributed by atoms with Crippen LogP contribution in [0.3, 0.4) is 0 Å². The highest BCUT2D eigenvalue weighted by Crippen LogP contribution is 2.21. The topological polar surface area (TPSA) is 41.6 Å². The molecule has 0 aliphatic carbocycles. The Bertz CT molecular complexity index is 515. The molecule has 2 aliphatic rings. The maximum Gasteiger partial charge on any atom is 0.222 e. The highest BCUT2D eigenvalue weighted by molar-refractivity contribution is 5.76. The van der Waals surface area contributed by atoms with Gasteiger partial charge in [0.1, 0.15) is 5.75 Å². The van der Waals surface area contributed by atoms with Gasteiger partial charge in [-0.05, 0) is 49.8 Å². The van der Waals surface area contributed by atoms with E-state index in [0.717, 1.165) is 44.7 Å². The fourth-order valence-corrected chi connectivity index (χ4v) is 3.55. The number of rotatable bonds is 6. The summed E-state index contributed by atoms with van der Waals surface area (Å²) in [5.41, 5.74) is 1.21. The molecule has 1 N–H and O–H groups in total. The largest absolute Gasteiger partial charge is 0.494 e. The van der Waals surface area contributed by atoms with Gasteiger partial charge in [-0.3, -0.25) is 4.79 Å². The number of fused-ring (bicyclic) bond motifs is 2. The maximum absolute atomic E-state index is 12.5. The fourth-order valence-electron chi connectivity index (χ4n) is 3.55. The van der Waals surface area contributed by atoms with E-state index in [9.17, 15) is 4.79 Å². The van der Waals surface area contributed by atoms with Crippen molar-refractivity contribution in [2.45, 2.75) is 57.5 Å². The molecule has 2 unspecified atom stereocenters. The third-order valence-corrected chi connectivity index (χ3v) is 4.90. The molecular weight excluding hydrogens is 288 g/mol. The predicted molar refractivity (Wildman–Crippen MR) is 91.7 cm³/mol. The summed E-state index contributed by atoms with van der Waals surface area (Å²) < 4.78 is 5.59. The predicted octanol–water partition coefficient (Wildman–Crippen LogP) is 2.76. The van der Waals surface area contributed by atoms with Gasteiger partial charge in [-0.15, -0.1) is 0 Å². The number of amides is 1. The summed E-state index contributed by atoms with van der Waals surface area (Å²) in [5.74, 6) is 1.21. The van der Waals surface area contributed by atoms with Gasteiger partial charge in [0.15, 0.2) is 0 Å². The number of nitrogens with zero attached hydrogens (tertiary/aromatic N) is 1. The Morgan fingerprint density at radius 1 is 1.22 bits per heavy atom. The molecule has 2 fully saturated rings. The van der Waals surface area contributed by atoms with E-state index in [4.69, 9.17) is 4.74 Å². The van der Waals surface area contributed by atoms with Gasteiger partial charge in [-0.2, -0.15) is 0 Å². The summed E-state index contributed by atoms with van der Waals surface area (Å²) in [6.45, 7) is 4.66. The van der Waals surface area contributed by atoms with Crippen molar-refractivity contribution in [2.24, 2.45) is 0 Å². The van der Waals surface area contributed by atoms with Gasteiger partial charge in [0, 0.05) is 31.6 Å². The summed E-state index contributed by atoms with van der Waals surface area (Å²) in [6, 6.07) is 9.30. The molecule has 2 heterocycles. The molecule has 2 aliphatic heterocycles. The second kappa shape index (κ2) is 7.82. The van der Waals surface area contributed by atoms with E-state index in [1.807, 2.05) is 12.1 Å². The number of hydrogen-bond donors (Lipinski definition) is 1. The number of benzene rings is 1. The molecule has 4 nitrogen and oxygen atoms in total. The van der Waals surface area contributed by atoms with Gasteiger partial charge < -0.3 is 15.0 Å². The number of hydrogen-bond acceptors (Lipinski definition) is 3. The molecule has 3 rings (SSSR count). The third kappa shape index (κ3) is 4.47. The van der Waals surface area contributed by atoms with E-state index in [1.54, 1.807) is 0 Å². The number of aryl methyl sites for hydroxylation is 1. The zero-order chi connectivity index (χ0) is 16.1. The lowest BCUT2D eigenvalue weighted by molar-refractivity contribution is -0.131. The van der Waals surface area contributed by atoms with Crippen LogP contribution in [-0.4, -0.2) is 42.6 Å². The van der Waals surface area contributed by atoms with Crippen molar-refractivity contribution in [1.82, 2.24) is 10.2 Å². The molecule has 1 amide bonds. The van der Waals surface area contributed by atoms with Crippen molar-refractivity contribution in [2.75, 3.05) is 19.7 Å². The van der Waals surface area contributed by atoms with E-state index >= 15 is 0 Å². The fraction of sp³-hybridized carbons (Fsp3) is 0.632. The monoisotopic (exact) mass is 316 g/mol. The molecule has 2 saturated heterocycles. The molecule has 0 saturated carbocycles. The van der Waals surface area contributed by atoms with Crippen molar-refractivity contribution in [3.05, 3.63) is 29.8 Å². The minimum Gasteiger partial charge on any atom is -0.494 e. The van der Waals surface area contributed by atoms with E-state index in [1.165, 1.54) is 18.4 Å². The van der Waals surface area contributed by atoms with Gasteiger partial charge >= 0.3 is 0 Å². The Balaban J connectivity index is 1.46. The first-order valence-corrected chi connectivity index (χ1v) is 9.00. The van der Waals surface area contributed by atoms with Crippen LogP contribution in [0.15, 0.2) is 24.3 Å². The molecule has 126 valence electrons. The van der Waals surface area contributed by atoms with Gasteiger partial charge in [0.2, 0.25) is 5.91 Å². The number of carbonyl (C=O) groups excluding carboxylic acids is 1. The molecule has 1 aromatic rings. The van der Waals surface area contributed by atoms with Crippen molar-refractivity contribution < 1.29 is 9.53 Å². The second-order valence-corrected chi connectivity index (χ2v) is 6.76. The minimum absolute atomic E-state index is 0.297. The van der Waals surface area contributed by atoms with Crippen LogP contribution in [0.4, 0.5) is 0 Å². The Hall–Kier alpha value is -1.55. The average molecular weight is 316 g/mol. The Kier molecular flexibility index (Phi) is 5.55. The quantitative estimate of drug-likeness (QED) is 0.877. The molecule has 0 spiro atoms. The van der Waals surface area contributed by atoms with Crippen LogP contribution in [0.25, 0.3) is 0 Å². The molecule has 2 atom stereocenters. The van der Waals surface area contributed by atoms with E-state index in [0.29, 0.717) is 24.4 Å². The van der Waals surface area contributed by atoms with Gasteiger partial charge in [-0.1, -0.05) is 19.1 Å². The van der Waals surface area contributed by atoms with Crippen LogP contribution in [0.1, 0.15) is 44.6 Å². The smallest absolute Gasteiger partial charge is 0.222 e. The third-order valence-electron chi connectivity index (χ3n) is 4.90. The van der Waals surface area contributed by atoms with E-state index in [-0.39, 0.29) is 0 Å². The van der Waals surface area contributed by atoms with Gasteiger partial charge in [0.25, 0.3) is 0 Å². The average Bonchev–Trinajstić information content (AvgIpc) is 2.90. The normalized spacial score (nSPS) is 23.6. The molecule has 1 aromatic carbocycles. The van der Waals surface area contributed by atoms with Crippen molar-refractivity contribution in [1.29, 1.82) is 0 Å². The standard InChI is InChI=1S/C19H28N2O2/c1-2-13-23-18-8-3-15(4-9-18)5-10-19(22)21-12-11-16-6-7-17(14-21)20-16/h3-4,8-9,16-17,20H,2,5-7,10-14H2,1H3. The zero-order valence-electron chi connectivity index (χ0n) is 14.1. The summed E-state index contributed by atoms with van der Waals surface area (Å²) in [5, 5.41) is 3.63. The molecule has 4 heteroatoms. The van der Waals surface area contributed by atoms with Crippen LogP contribution in [0.5, 0.6) is 5.75 Å². The highest BCUT2D eigenvalue weighted by Gasteiger charge is 2.30. The van der Waals surface area contributed by atoms with Gasteiger partial charge in [-0.25, -0.2) is 0 Å². The van der Waals surface area contributed by atoms with Crippen LogP contribution in [0, 0.1) is 0 Å². The SMILES string of the molecule is CCCOc1ccc(CCC(=O)N2CCC3CCC(C2)N3)cc1. The van der Waals surface area contributed by atoms with Crippen LogP contribution in [-0.2, 0) is 11.2 Å². The highest BCUT2D eigenvalue weighted by atomic mass is 16.5. The number of likely N-dealkylation sites (tertiary alicyclic amines) is 1. The van der Waals surface area contributed by atoms with Crippen molar-refractivity contribution in [3.63, 3.8) is 0 Å². The number of nitrogens with one attached hydrogen (secondary N) is 1. The zero-order valence-corrected chi connectivity index (χ0v) is 14.1. The maximum atomic E-state index is 12.5. The van der Waals surface area contributed by atoms with Crippen LogP contribution < -0.4 is 10.1 Å². The summed E-state index contributed by atoms with van der Waals surface area (Å²) in [7, 11) is 0. The molecule has 23 heavy (non-hydrogen) atoms. The molecular formula is C19H28N2O2. The number of ether oxygens (including phenoxy) is 1. The van der Waals surface area contributed by atoms with Crippen molar-refractivity contribution >= 4 is 5.91 Å². The second-order valence-electron chi connectivity index (χ2n) is 6.76. The Labute approximate surface area is 139 Å².